The van der Waals surface area contributed by atoms with Crippen LogP contribution in [0.3, 0.4) is 0 Å². The minimum absolute atomic E-state index is 0.122. The normalized spacial score (nSPS) is 19.0. The highest BCUT2D eigenvalue weighted by molar-refractivity contribution is 6.32. The summed E-state index contributed by atoms with van der Waals surface area (Å²) >= 11 is 6.06. The van der Waals surface area contributed by atoms with Crippen molar-refractivity contribution in [1.29, 1.82) is 0 Å². The third kappa shape index (κ3) is 3.09. The van der Waals surface area contributed by atoms with E-state index in [0.717, 1.165) is 10.4 Å². The number of benzene rings is 2. The summed E-state index contributed by atoms with van der Waals surface area (Å²) in [7, 11) is 1.58. The molecule has 9 heteroatoms. The molecule has 2 aliphatic heterocycles. The number of amides is 2. The Morgan fingerprint density at radius 3 is 2.57 bits per heavy atom. The van der Waals surface area contributed by atoms with Gasteiger partial charge in [0.05, 0.1) is 17.7 Å². The van der Waals surface area contributed by atoms with Crippen molar-refractivity contribution >= 4 is 29.1 Å². The van der Waals surface area contributed by atoms with Crippen LogP contribution in [0, 0.1) is 5.82 Å². The third-order valence-corrected chi connectivity index (χ3v) is 5.19. The van der Waals surface area contributed by atoms with Gasteiger partial charge in [0.2, 0.25) is 6.54 Å². The van der Waals surface area contributed by atoms with Crippen molar-refractivity contribution in [3.05, 3.63) is 58.9 Å². The number of hydrogen-bond acceptors (Lipinski definition) is 5. The predicted octanol–water partition coefficient (Wildman–Crippen LogP) is 2.63. The fourth-order valence-corrected chi connectivity index (χ4v) is 3.56. The smallest absolute Gasteiger partial charge is 0.497 e. The van der Waals surface area contributed by atoms with Gasteiger partial charge in [0, 0.05) is 23.9 Å². The fraction of sp³-hybridized carbons (Fsp3) is 0.263. The van der Waals surface area contributed by atoms with E-state index in [1.165, 1.54) is 23.1 Å². The molecule has 0 aromatic heterocycles. The summed E-state index contributed by atoms with van der Waals surface area (Å²) in [5.74, 6) is -1.30. The Morgan fingerprint density at radius 2 is 1.89 bits per heavy atom. The lowest BCUT2D eigenvalue weighted by molar-refractivity contribution is -0.535. The molecule has 28 heavy (non-hydrogen) atoms. The van der Waals surface area contributed by atoms with Crippen LogP contribution in [-0.4, -0.2) is 47.9 Å². The van der Waals surface area contributed by atoms with E-state index in [1.54, 1.807) is 7.11 Å². The first kappa shape index (κ1) is 18.4. The van der Waals surface area contributed by atoms with E-state index in [0.29, 0.717) is 18.8 Å². The molecule has 0 radical (unpaired) electrons. The van der Waals surface area contributed by atoms with Gasteiger partial charge in [-0.1, -0.05) is 17.7 Å². The molecule has 1 saturated heterocycles. The molecule has 1 atom stereocenters. The summed E-state index contributed by atoms with van der Waals surface area (Å²) in [6.45, 7) is 0.684. The second kappa shape index (κ2) is 7.20. The molecule has 2 aliphatic rings. The van der Waals surface area contributed by atoms with E-state index in [1.807, 2.05) is 29.2 Å². The number of methoxy groups -OCH3 is 1. The van der Waals surface area contributed by atoms with E-state index >= 15 is 0 Å². The zero-order valence-electron chi connectivity index (χ0n) is 15.0. The monoisotopic (exact) mass is 403 g/mol. The Bertz CT molecular complexity index is 959. The summed E-state index contributed by atoms with van der Waals surface area (Å²) in [5, 5.41) is 4.59. The van der Waals surface area contributed by atoms with Crippen LogP contribution in [0.1, 0.15) is 5.56 Å². The van der Waals surface area contributed by atoms with Crippen LogP contribution in [-0.2, 0) is 16.1 Å². The average molecular weight is 404 g/mol. The summed E-state index contributed by atoms with van der Waals surface area (Å²) < 4.78 is 20.3. The molecule has 0 spiro atoms. The SMILES string of the molecule is COc1ccc(N2CCN3C(=O)C(=O)[N+](Cc4c(F)cccc4Cl)=NC32)cc1. The molecular weight excluding hydrogens is 387 g/mol. The molecule has 2 heterocycles. The van der Waals surface area contributed by atoms with E-state index in [2.05, 4.69) is 5.11 Å². The molecule has 0 N–H and O–H groups in total. The van der Waals surface area contributed by atoms with Crippen LogP contribution in [0.4, 0.5) is 10.1 Å². The molecule has 1 fully saturated rings. The topological polar surface area (TPSA) is 65.2 Å². The second-order valence-corrected chi connectivity index (χ2v) is 6.82. The predicted molar refractivity (Wildman–Crippen MR) is 98.7 cm³/mol. The maximum absolute atomic E-state index is 14.1. The number of azo groups is 2. The first-order valence-electron chi connectivity index (χ1n) is 8.66. The molecule has 4 rings (SSSR count). The third-order valence-electron chi connectivity index (χ3n) is 4.83. The number of rotatable bonds is 4. The molecule has 2 aromatic carbocycles. The van der Waals surface area contributed by atoms with Crippen LogP contribution in [0.15, 0.2) is 47.6 Å². The number of nitrogens with zero attached hydrogens (tertiary/aromatic N) is 4. The molecular formula is C19H17ClFN4O3+. The standard InChI is InChI=1S/C19H17ClFN4O3/c1-28-13-7-5-12(6-8-13)23-9-10-24-17(26)18(27)25(22-19(23)24)11-14-15(20)3-2-4-16(14)21/h2-8,19H,9-11H2,1H3/q+1. The maximum atomic E-state index is 14.1. The zero-order chi connectivity index (χ0) is 19.8. The van der Waals surface area contributed by atoms with Gasteiger partial charge in [-0.3, -0.25) is 9.69 Å². The van der Waals surface area contributed by atoms with E-state index in [9.17, 15) is 14.0 Å². The zero-order valence-corrected chi connectivity index (χ0v) is 15.8. The van der Waals surface area contributed by atoms with Gasteiger partial charge in [-0.2, -0.15) is 0 Å². The van der Waals surface area contributed by atoms with Gasteiger partial charge in [0.1, 0.15) is 11.6 Å². The lowest BCUT2D eigenvalue weighted by Gasteiger charge is -2.27. The molecule has 1 unspecified atom stereocenters. The van der Waals surface area contributed by atoms with Gasteiger partial charge in [-0.05, 0) is 41.1 Å². The second-order valence-electron chi connectivity index (χ2n) is 6.41. The number of carbonyl (C=O) groups excluding carboxylic acids is 2. The van der Waals surface area contributed by atoms with Gasteiger partial charge < -0.3 is 9.64 Å². The lowest BCUT2D eigenvalue weighted by atomic mass is 10.2. The van der Waals surface area contributed by atoms with E-state index < -0.39 is 23.9 Å². The Morgan fingerprint density at radius 1 is 1.18 bits per heavy atom. The number of fused-ring (bicyclic) bond motifs is 1. The van der Waals surface area contributed by atoms with Gasteiger partial charge in [-0.15, -0.1) is 0 Å². The Labute approximate surface area is 165 Å². The van der Waals surface area contributed by atoms with Crippen molar-refractivity contribution in [2.75, 3.05) is 25.1 Å². The summed E-state index contributed by atoms with van der Waals surface area (Å²) in [5.41, 5.74) is 0.958. The molecule has 7 nitrogen and oxygen atoms in total. The highest BCUT2D eigenvalue weighted by Gasteiger charge is 2.49. The minimum Gasteiger partial charge on any atom is -0.497 e. The van der Waals surface area contributed by atoms with Gasteiger partial charge >= 0.3 is 11.8 Å². The van der Waals surface area contributed by atoms with Crippen LogP contribution >= 0.6 is 11.6 Å². The minimum atomic E-state index is -0.799. The molecule has 0 bridgehead atoms. The van der Waals surface area contributed by atoms with Crippen molar-refractivity contribution in [1.82, 2.24) is 4.90 Å². The Kier molecular flexibility index (Phi) is 4.72. The quantitative estimate of drug-likeness (QED) is 0.581. The van der Waals surface area contributed by atoms with Crippen molar-refractivity contribution in [2.45, 2.75) is 12.8 Å². The largest absolute Gasteiger partial charge is 0.502 e. The first-order valence-corrected chi connectivity index (χ1v) is 9.04. The summed E-state index contributed by atoms with van der Waals surface area (Å²) in [6, 6.07) is 11.6. The molecule has 2 amide bonds. The summed E-state index contributed by atoms with van der Waals surface area (Å²) in [6.07, 6.45) is -0.677. The number of anilines is 1. The molecule has 144 valence electrons. The van der Waals surface area contributed by atoms with Crippen molar-refractivity contribution in [3.8, 4) is 5.75 Å². The highest BCUT2D eigenvalue weighted by Crippen LogP contribution is 2.29. The van der Waals surface area contributed by atoms with Crippen molar-refractivity contribution in [3.63, 3.8) is 0 Å². The van der Waals surface area contributed by atoms with Gasteiger partial charge in [-0.25, -0.2) is 9.18 Å². The molecule has 0 saturated carbocycles. The van der Waals surface area contributed by atoms with Gasteiger partial charge in [0.25, 0.3) is 6.29 Å². The molecule has 0 aliphatic carbocycles. The van der Waals surface area contributed by atoms with Crippen LogP contribution in [0.25, 0.3) is 0 Å². The average Bonchev–Trinajstić information content (AvgIpc) is 3.12. The number of ether oxygens (including phenoxy) is 1. The number of hydrogen-bond donors (Lipinski definition) is 0. The maximum Gasteiger partial charge on any atom is 0.502 e. The van der Waals surface area contributed by atoms with Crippen molar-refractivity contribution < 1.29 is 23.4 Å². The lowest BCUT2D eigenvalue weighted by Crippen LogP contribution is -2.51. The van der Waals surface area contributed by atoms with Gasteiger partial charge in [0.15, 0.2) is 0 Å². The summed E-state index contributed by atoms with van der Waals surface area (Å²) in [4.78, 5) is 28.3. The van der Waals surface area contributed by atoms with Crippen molar-refractivity contribution in [2.24, 2.45) is 5.11 Å². The van der Waals surface area contributed by atoms with Crippen LogP contribution in [0.2, 0.25) is 5.02 Å². The van der Waals surface area contributed by atoms with Crippen LogP contribution < -0.4 is 9.64 Å². The molecule has 2 aromatic rings. The van der Waals surface area contributed by atoms with Crippen LogP contribution in [0.5, 0.6) is 5.75 Å². The Hall–Kier alpha value is -3.00. The first-order chi connectivity index (χ1) is 13.5. The fourth-order valence-electron chi connectivity index (χ4n) is 3.34. The Balaban J connectivity index is 1.68. The number of carbonyl (C=O) groups is 2. The van der Waals surface area contributed by atoms with E-state index in [4.69, 9.17) is 16.3 Å². The number of halogens is 2. The highest BCUT2D eigenvalue weighted by atomic mass is 35.5. The van der Waals surface area contributed by atoms with E-state index in [-0.39, 0.29) is 17.1 Å².